The summed E-state index contributed by atoms with van der Waals surface area (Å²) in [5.74, 6) is 0.532. The number of halogens is 1. The molecule has 0 aliphatic heterocycles. The minimum absolute atomic E-state index is 0.272. The van der Waals surface area contributed by atoms with E-state index >= 15 is 0 Å². The van der Waals surface area contributed by atoms with Crippen LogP contribution >= 0.6 is 34.7 Å². The second kappa shape index (κ2) is 9.21. The fourth-order valence-electron chi connectivity index (χ4n) is 2.58. The van der Waals surface area contributed by atoms with Crippen molar-refractivity contribution >= 4 is 45.7 Å². The van der Waals surface area contributed by atoms with Crippen LogP contribution in [0, 0.1) is 0 Å². The van der Waals surface area contributed by atoms with Crippen molar-refractivity contribution in [2.75, 3.05) is 5.32 Å². The van der Waals surface area contributed by atoms with Gasteiger partial charge in [0.15, 0.2) is 4.34 Å². The number of hydrogen-bond acceptors (Lipinski definition) is 6. The number of carbonyl (C=O) groups is 1. The monoisotopic (exact) mass is 441 g/mol. The molecular formula is C20H16ClN5OS2. The lowest BCUT2D eigenvalue weighted by molar-refractivity contribution is 0.102. The first-order chi connectivity index (χ1) is 14.2. The Hall–Kier alpha value is -2.68. The van der Waals surface area contributed by atoms with Crippen LogP contribution in [0.25, 0.3) is 0 Å². The number of benzene rings is 2. The van der Waals surface area contributed by atoms with E-state index in [1.165, 1.54) is 23.1 Å². The van der Waals surface area contributed by atoms with E-state index in [2.05, 4.69) is 32.7 Å². The highest BCUT2D eigenvalue weighted by Crippen LogP contribution is 2.28. The van der Waals surface area contributed by atoms with Crippen LogP contribution in [0.15, 0.2) is 71.3 Å². The van der Waals surface area contributed by atoms with Crippen molar-refractivity contribution in [3.05, 3.63) is 88.7 Å². The molecule has 0 saturated heterocycles. The minimum atomic E-state index is -0.272. The highest BCUT2D eigenvalue weighted by atomic mass is 35.5. The summed E-state index contributed by atoms with van der Waals surface area (Å²) in [5, 5.41) is 16.3. The van der Waals surface area contributed by atoms with Crippen molar-refractivity contribution in [2.24, 2.45) is 0 Å². The highest BCUT2D eigenvalue weighted by molar-refractivity contribution is 8.00. The second-order valence-corrected chi connectivity index (χ2v) is 8.73. The van der Waals surface area contributed by atoms with Gasteiger partial charge in [0.25, 0.3) is 5.91 Å². The van der Waals surface area contributed by atoms with Crippen molar-refractivity contribution in [3.8, 4) is 0 Å². The Bertz CT molecular complexity index is 1110. The van der Waals surface area contributed by atoms with Crippen molar-refractivity contribution in [2.45, 2.75) is 16.6 Å². The molecule has 0 aliphatic rings. The average molecular weight is 442 g/mol. The fraction of sp³-hybridized carbons (Fsp3) is 0.100. The van der Waals surface area contributed by atoms with Gasteiger partial charge >= 0.3 is 0 Å². The third kappa shape index (κ3) is 5.23. The summed E-state index contributed by atoms with van der Waals surface area (Å²) in [6.45, 7) is 0.492. The smallest absolute Gasteiger partial charge is 0.260 e. The molecule has 2 aromatic heterocycles. The largest absolute Gasteiger partial charge is 0.296 e. The number of thioether (sulfide) groups is 1. The molecule has 4 aromatic rings. The van der Waals surface area contributed by atoms with Gasteiger partial charge in [0, 0.05) is 17.0 Å². The van der Waals surface area contributed by atoms with E-state index in [1.54, 1.807) is 22.6 Å². The Kier molecular flexibility index (Phi) is 6.24. The predicted octanol–water partition coefficient (Wildman–Crippen LogP) is 4.98. The quantitative estimate of drug-likeness (QED) is 0.323. The summed E-state index contributed by atoms with van der Waals surface area (Å²) >= 11 is 9.12. The maximum absolute atomic E-state index is 12.5. The number of nitrogens with one attached hydrogen (secondary N) is 1. The van der Waals surface area contributed by atoms with Gasteiger partial charge in [-0.15, -0.1) is 10.2 Å². The van der Waals surface area contributed by atoms with Crippen LogP contribution in [-0.4, -0.2) is 25.9 Å². The zero-order chi connectivity index (χ0) is 20.1. The first-order valence-corrected chi connectivity index (χ1v) is 10.9. The maximum atomic E-state index is 12.5. The normalized spacial score (nSPS) is 10.8. The molecule has 0 bridgehead atoms. The zero-order valence-corrected chi connectivity index (χ0v) is 17.5. The van der Waals surface area contributed by atoms with Gasteiger partial charge < -0.3 is 0 Å². The second-order valence-electron chi connectivity index (χ2n) is 6.12. The number of carbonyl (C=O) groups excluding carboxylic acids is 1. The van der Waals surface area contributed by atoms with Gasteiger partial charge in [-0.05, 0) is 17.2 Å². The van der Waals surface area contributed by atoms with Gasteiger partial charge in [-0.3, -0.25) is 14.8 Å². The maximum Gasteiger partial charge on any atom is 0.260 e. The van der Waals surface area contributed by atoms with Gasteiger partial charge in [0.1, 0.15) is 0 Å². The van der Waals surface area contributed by atoms with Gasteiger partial charge in [0.05, 0.1) is 18.3 Å². The molecule has 0 atom stereocenters. The molecule has 0 aliphatic carbocycles. The first kappa shape index (κ1) is 19.6. The summed E-state index contributed by atoms with van der Waals surface area (Å²) in [5.41, 5.74) is 2.60. The van der Waals surface area contributed by atoms with E-state index in [9.17, 15) is 4.79 Å². The molecule has 0 saturated carbocycles. The van der Waals surface area contributed by atoms with Crippen molar-refractivity contribution in [3.63, 3.8) is 0 Å². The number of amides is 1. The molecule has 146 valence electrons. The number of anilines is 1. The molecular weight excluding hydrogens is 426 g/mol. The molecule has 2 heterocycles. The van der Waals surface area contributed by atoms with Crippen molar-refractivity contribution < 1.29 is 4.79 Å². The molecule has 1 amide bonds. The van der Waals surface area contributed by atoms with Gasteiger partial charge in [-0.2, -0.15) is 5.10 Å². The fourth-order valence-corrected chi connectivity index (χ4v) is 4.47. The van der Waals surface area contributed by atoms with Crippen LogP contribution in [0.4, 0.5) is 5.13 Å². The van der Waals surface area contributed by atoms with Gasteiger partial charge in [-0.1, -0.05) is 83.2 Å². The third-order valence-corrected chi connectivity index (χ3v) is 6.43. The SMILES string of the molecule is O=C(Nc1nnc(SCc2ccccc2)s1)c1cnn(Cc2ccccc2Cl)c1. The molecule has 0 fully saturated rings. The molecule has 4 rings (SSSR count). The molecule has 0 unspecified atom stereocenters. The van der Waals surface area contributed by atoms with Crippen molar-refractivity contribution in [1.29, 1.82) is 0 Å². The number of hydrogen-bond donors (Lipinski definition) is 1. The summed E-state index contributed by atoms with van der Waals surface area (Å²) < 4.78 is 2.48. The van der Waals surface area contributed by atoms with Crippen LogP contribution < -0.4 is 5.32 Å². The number of aromatic nitrogens is 4. The van der Waals surface area contributed by atoms with Gasteiger partial charge in [-0.25, -0.2) is 0 Å². The molecule has 2 aromatic carbocycles. The first-order valence-electron chi connectivity index (χ1n) is 8.75. The standard InChI is InChI=1S/C20H16ClN5OS2/c21-17-9-5-4-8-15(17)11-26-12-16(10-22-26)18(27)23-19-24-25-20(29-19)28-13-14-6-2-1-3-7-14/h1-10,12H,11,13H2,(H,23,24,27). The average Bonchev–Trinajstić information content (AvgIpc) is 3.39. The molecule has 0 spiro atoms. The highest BCUT2D eigenvalue weighted by Gasteiger charge is 2.13. The predicted molar refractivity (Wildman–Crippen MR) is 117 cm³/mol. The van der Waals surface area contributed by atoms with Gasteiger partial charge in [0.2, 0.25) is 5.13 Å². The lowest BCUT2D eigenvalue weighted by Gasteiger charge is -2.03. The van der Waals surface area contributed by atoms with Crippen LogP contribution in [0.3, 0.4) is 0 Å². The topological polar surface area (TPSA) is 72.7 Å². The molecule has 9 heteroatoms. The molecule has 1 N–H and O–H groups in total. The number of rotatable bonds is 7. The minimum Gasteiger partial charge on any atom is -0.296 e. The van der Waals surface area contributed by atoms with Crippen LogP contribution in [0.5, 0.6) is 0 Å². The van der Waals surface area contributed by atoms with E-state index in [1.807, 2.05) is 42.5 Å². The summed E-state index contributed by atoms with van der Waals surface area (Å²) in [7, 11) is 0. The van der Waals surface area contributed by atoms with Crippen molar-refractivity contribution in [1.82, 2.24) is 20.0 Å². The van der Waals surface area contributed by atoms with E-state index in [-0.39, 0.29) is 5.91 Å². The van der Waals surface area contributed by atoms with E-state index < -0.39 is 0 Å². The molecule has 0 radical (unpaired) electrons. The van der Waals surface area contributed by atoms with Crippen LogP contribution in [0.1, 0.15) is 21.5 Å². The zero-order valence-electron chi connectivity index (χ0n) is 15.2. The Morgan fingerprint density at radius 1 is 1.10 bits per heavy atom. The summed E-state index contributed by atoms with van der Waals surface area (Å²) in [6, 6.07) is 17.7. The summed E-state index contributed by atoms with van der Waals surface area (Å²) in [4.78, 5) is 12.5. The third-order valence-electron chi connectivity index (χ3n) is 4.02. The number of nitrogens with zero attached hydrogens (tertiary/aromatic N) is 4. The lowest BCUT2D eigenvalue weighted by Crippen LogP contribution is -2.11. The Balaban J connectivity index is 1.34. The summed E-state index contributed by atoms with van der Waals surface area (Å²) in [6.07, 6.45) is 3.21. The Morgan fingerprint density at radius 2 is 1.90 bits per heavy atom. The molecule has 29 heavy (non-hydrogen) atoms. The lowest BCUT2D eigenvalue weighted by atomic mass is 10.2. The van der Waals surface area contributed by atoms with E-state index in [4.69, 9.17) is 11.6 Å². The van der Waals surface area contributed by atoms with E-state index in [0.717, 1.165) is 15.7 Å². The van der Waals surface area contributed by atoms with Crippen LogP contribution in [-0.2, 0) is 12.3 Å². The Morgan fingerprint density at radius 3 is 2.72 bits per heavy atom. The van der Waals surface area contributed by atoms with Crippen LogP contribution in [0.2, 0.25) is 5.02 Å². The van der Waals surface area contributed by atoms with E-state index in [0.29, 0.717) is 22.3 Å². The Labute approximate surface area is 180 Å². The molecule has 6 nitrogen and oxygen atoms in total.